The van der Waals surface area contributed by atoms with Gasteiger partial charge in [-0.25, -0.2) is 0 Å². The van der Waals surface area contributed by atoms with Crippen LogP contribution in [0, 0.1) is 0 Å². The lowest BCUT2D eigenvalue weighted by Gasteiger charge is -2.57. The molecule has 2 atom stereocenters. The summed E-state index contributed by atoms with van der Waals surface area (Å²) in [7, 11) is 0.0457. The number of hydrogen-bond donors (Lipinski definition) is 0. The molecule has 0 amide bonds. The third kappa shape index (κ3) is 5.14. The van der Waals surface area contributed by atoms with Gasteiger partial charge in [0.25, 0.3) is 0 Å². The fraction of sp³-hybridized carbons (Fsp3) is 0.692. The van der Waals surface area contributed by atoms with Gasteiger partial charge < -0.3 is 14.2 Å². The quantitative estimate of drug-likeness (QED) is 0.257. The standard InChI is InChI=1S/C26H42O3S2Si/c1-19(2)32(20(3)4,21(5)6)26(30-16-9-17-31-26)15-8-10-24-18-28-25(29-24)22-11-13-23(27-7)14-12-22/h8,10-14,19-21,24-25H,9,15-18H2,1-7H3/b10-8+/t24-,25-/m0/s1. The van der Waals surface area contributed by atoms with Gasteiger partial charge in [-0.05, 0) is 53.1 Å². The van der Waals surface area contributed by atoms with Gasteiger partial charge >= 0.3 is 0 Å². The van der Waals surface area contributed by atoms with Crippen LogP contribution < -0.4 is 4.74 Å². The van der Waals surface area contributed by atoms with Crippen molar-refractivity contribution in [1.82, 2.24) is 0 Å². The SMILES string of the molecule is COc1ccc([C@H]2OC[C@H](/C=C/CC3([Si](C(C)C)(C(C)C)C(C)C)SCCCS3)O2)cc1. The predicted molar refractivity (Wildman–Crippen MR) is 144 cm³/mol. The molecule has 0 aromatic heterocycles. The molecule has 0 spiro atoms. The van der Waals surface area contributed by atoms with Crippen LogP contribution in [0.1, 0.15) is 66.2 Å². The number of ether oxygens (including phenoxy) is 3. The Bertz CT molecular complexity index is 720. The highest BCUT2D eigenvalue weighted by Crippen LogP contribution is 2.61. The predicted octanol–water partition coefficient (Wildman–Crippen LogP) is 7.84. The summed E-state index contributed by atoms with van der Waals surface area (Å²) in [4.78, 5) is 0. The van der Waals surface area contributed by atoms with Crippen LogP contribution in [-0.4, -0.2) is 43.1 Å². The van der Waals surface area contributed by atoms with Gasteiger partial charge in [0.1, 0.15) is 11.9 Å². The molecule has 32 heavy (non-hydrogen) atoms. The molecule has 2 fully saturated rings. The van der Waals surface area contributed by atoms with Crippen molar-refractivity contribution in [2.45, 2.75) is 87.1 Å². The van der Waals surface area contributed by atoms with E-state index >= 15 is 0 Å². The summed E-state index contributed by atoms with van der Waals surface area (Å²) >= 11 is 4.55. The molecule has 2 aliphatic heterocycles. The second kappa shape index (κ2) is 11.3. The number of hydrogen-bond acceptors (Lipinski definition) is 5. The molecular weight excluding hydrogens is 453 g/mol. The van der Waals surface area contributed by atoms with Crippen molar-refractivity contribution >= 4 is 31.6 Å². The highest BCUT2D eigenvalue weighted by Gasteiger charge is 2.59. The van der Waals surface area contributed by atoms with E-state index in [0.29, 0.717) is 10.3 Å². The summed E-state index contributed by atoms with van der Waals surface area (Å²) in [5.74, 6) is 3.44. The average Bonchev–Trinajstić information content (AvgIpc) is 3.23. The zero-order chi connectivity index (χ0) is 23.4. The van der Waals surface area contributed by atoms with Crippen molar-refractivity contribution in [2.24, 2.45) is 0 Å². The first kappa shape index (κ1) is 26.2. The summed E-state index contributed by atoms with van der Waals surface area (Å²) in [6.07, 6.45) is 6.88. The van der Waals surface area contributed by atoms with E-state index in [1.807, 2.05) is 24.3 Å². The van der Waals surface area contributed by atoms with Crippen molar-refractivity contribution in [1.29, 1.82) is 0 Å². The molecule has 0 unspecified atom stereocenters. The van der Waals surface area contributed by atoms with Crippen LogP contribution in [0.25, 0.3) is 0 Å². The van der Waals surface area contributed by atoms with E-state index in [-0.39, 0.29) is 12.4 Å². The second-order valence-electron chi connectivity index (χ2n) is 9.95. The molecule has 2 aliphatic rings. The van der Waals surface area contributed by atoms with Gasteiger partial charge in [0.05, 0.1) is 25.5 Å². The number of benzene rings is 1. The first-order valence-electron chi connectivity index (χ1n) is 12.1. The van der Waals surface area contributed by atoms with Crippen LogP contribution >= 0.6 is 23.5 Å². The Morgan fingerprint density at radius 3 is 2.16 bits per heavy atom. The molecule has 3 rings (SSSR count). The lowest BCUT2D eigenvalue weighted by Crippen LogP contribution is -2.61. The molecule has 1 aromatic rings. The first-order valence-corrected chi connectivity index (χ1v) is 16.3. The van der Waals surface area contributed by atoms with Gasteiger partial charge in [0.2, 0.25) is 0 Å². The third-order valence-corrected chi connectivity index (χ3v) is 20.5. The second-order valence-corrected chi connectivity index (χ2v) is 19.9. The normalized spacial score (nSPS) is 24.2. The van der Waals surface area contributed by atoms with E-state index in [1.54, 1.807) is 7.11 Å². The van der Waals surface area contributed by atoms with Gasteiger partial charge in [-0.15, -0.1) is 23.5 Å². The van der Waals surface area contributed by atoms with Crippen LogP contribution in [0.4, 0.5) is 0 Å². The maximum Gasteiger partial charge on any atom is 0.184 e. The molecule has 0 aliphatic carbocycles. The maximum absolute atomic E-state index is 6.22. The molecule has 2 saturated heterocycles. The molecule has 2 heterocycles. The smallest absolute Gasteiger partial charge is 0.184 e. The van der Waals surface area contributed by atoms with Crippen molar-refractivity contribution in [2.75, 3.05) is 25.2 Å². The molecule has 180 valence electrons. The Hall–Kier alpha value is -0.403. The molecule has 0 saturated carbocycles. The van der Waals surface area contributed by atoms with Gasteiger partial charge in [-0.3, -0.25) is 0 Å². The van der Waals surface area contributed by atoms with Crippen molar-refractivity contribution in [3.63, 3.8) is 0 Å². The van der Waals surface area contributed by atoms with Crippen molar-refractivity contribution < 1.29 is 14.2 Å². The molecule has 3 nitrogen and oxygen atoms in total. The number of rotatable bonds is 9. The summed E-state index contributed by atoms with van der Waals surface area (Å²) in [5, 5.41) is 0. The number of thioether (sulfide) groups is 2. The summed E-state index contributed by atoms with van der Waals surface area (Å²) < 4.78 is 17.8. The van der Waals surface area contributed by atoms with Crippen LogP contribution in [-0.2, 0) is 9.47 Å². The fourth-order valence-electron chi connectivity index (χ4n) is 6.27. The van der Waals surface area contributed by atoms with Gasteiger partial charge in [0.15, 0.2) is 6.29 Å². The largest absolute Gasteiger partial charge is 0.497 e. The Kier molecular flexibility index (Phi) is 9.29. The minimum atomic E-state index is -1.64. The topological polar surface area (TPSA) is 27.7 Å². The van der Waals surface area contributed by atoms with Crippen molar-refractivity contribution in [3.8, 4) is 5.75 Å². The average molecular weight is 495 g/mol. The maximum atomic E-state index is 6.22. The molecule has 0 bridgehead atoms. The molecule has 0 N–H and O–H groups in total. The highest BCUT2D eigenvalue weighted by molar-refractivity contribution is 8.21. The summed E-state index contributed by atoms with van der Waals surface area (Å²) in [6, 6.07) is 7.96. The van der Waals surface area contributed by atoms with Gasteiger partial charge in [-0.1, -0.05) is 65.8 Å². The zero-order valence-electron chi connectivity index (χ0n) is 20.9. The number of allylic oxidation sites excluding steroid dienone is 1. The van der Waals surface area contributed by atoms with Crippen molar-refractivity contribution in [3.05, 3.63) is 42.0 Å². The highest BCUT2D eigenvalue weighted by atomic mass is 32.2. The van der Waals surface area contributed by atoms with E-state index < -0.39 is 8.07 Å². The van der Waals surface area contributed by atoms with Crippen LogP contribution in [0.15, 0.2) is 36.4 Å². The zero-order valence-corrected chi connectivity index (χ0v) is 23.6. The van der Waals surface area contributed by atoms with Crippen LogP contribution in [0.2, 0.25) is 16.6 Å². The third-order valence-electron chi connectivity index (χ3n) is 7.32. The lowest BCUT2D eigenvalue weighted by molar-refractivity contribution is -0.0533. The minimum Gasteiger partial charge on any atom is -0.497 e. The summed E-state index contributed by atoms with van der Waals surface area (Å²) in [5.41, 5.74) is 3.33. The Morgan fingerprint density at radius 1 is 1.03 bits per heavy atom. The lowest BCUT2D eigenvalue weighted by atomic mass is 10.2. The monoisotopic (exact) mass is 494 g/mol. The Labute approximate surface area is 205 Å². The summed E-state index contributed by atoms with van der Waals surface area (Å²) in [6.45, 7) is 15.6. The van der Waals surface area contributed by atoms with E-state index in [2.05, 4.69) is 77.2 Å². The Morgan fingerprint density at radius 2 is 1.62 bits per heavy atom. The first-order chi connectivity index (χ1) is 15.3. The van der Waals surface area contributed by atoms with Crippen LogP contribution in [0.5, 0.6) is 5.75 Å². The molecule has 0 radical (unpaired) electrons. The Balaban J connectivity index is 1.74. The fourth-order valence-corrected chi connectivity index (χ4v) is 22.9. The van der Waals surface area contributed by atoms with Gasteiger partial charge in [-0.2, -0.15) is 0 Å². The van der Waals surface area contributed by atoms with E-state index in [9.17, 15) is 0 Å². The van der Waals surface area contributed by atoms with Gasteiger partial charge in [0, 0.05) is 5.56 Å². The van der Waals surface area contributed by atoms with E-state index in [0.717, 1.165) is 34.4 Å². The van der Waals surface area contributed by atoms with E-state index in [4.69, 9.17) is 14.2 Å². The minimum absolute atomic E-state index is 0.0194. The van der Waals surface area contributed by atoms with Crippen LogP contribution in [0.3, 0.4) is 0 Å². The van der Waals surface area contributed by atoms with E-state index in [1.165, 1.54) is 17.9 Å². The molecular formula is C26H42O3S2Si. The molecule has 6 heteroatoms. The number of methoxy groups -OCH3 is 1. The molecule has 1 aromatic carbocycles.